The summed E-state index contributed by atoms with van der Waals surface area (Å²) in [5.74, 6) is 0.830. The third-order valence-corrected chi connectivity index (χ3v) is 5.09. The van der Waals surface area contributed by atoms with Gasteiger partial charge >= 0.3 is 73.0 Å². The van der Waals surface area contributed by atoms with Crippen molar-refractivity contribution in [3.05, 3.63) is 11.1 Å². The molecule has 1 aliphatic carbocycles. The number of fused-ring (bicyclic) bond motifs is 1. The van der Waals surface area contributed by atoms with E-state index in [1.54, 1.807) is 0 Å². The van der Waals surface area contributed by atoms with Gasteiger partial charge in [0.1, 0.15) is 0 Å². The summed E-state index contributed by atoms with van der Waals surface area (Å²) in [6.07, 6.45) is 6.91. The molecule has 11 heavy (non-hydrogen) atoms. The van der Waals surface area contributed by atoms with Gasteiger partial charge in [0, 0.05) is 0 Å². The zero-order chi connectivity index (χ0) is 7.68. The first-order chi connectivity index (χ1) is 5.38. The molecule has 2 rings (SSSR count). The van der Waals surface area contributed by atoms with Crippen LogP contribution in [0.1, 0.15) is 25.7 Å². The first kappa shape index (κ1) is 7.57. The van der Waals surface area contributed by atoms with E-state index in [4.69, 9.17) is 0 Å². The van der Waals surface area contributed by atoms with Crippen LogP contribution in [-0.4, -0.2) is 20.7 Å². The van der Waals surface area contributed by atoms with Crippen molar-refractivity contribution in [1.29, 1.82) is 0 Å². The van der Waals surface area contributed by atoms with Gasteiger partial charge in [-0.2, -0.15) is 0 Å². The molecule has 0 saturated heterocycles. The Hall–Kier alpha value is -0.0705. The normalized spacial score (nSPS) is 36.9. The number of hydrogen-bond acceptors (Lipinski definition) is 1. The van der Waals surface area contributed by atoms with Crippen LogP contribution in [0.25, 0.3) is 0 Å². The molecule has 2 atom stereocenters. The van der Waals surface area contributed by atoms with Gasteiger partial charge in [0.25, 0.3) is 0 Å². The van der Waals surface area contributed by atoms with Crippen LogP contribution < -0.4 is 0 Å². The Labute approximate surface area is 73.4 Å². The quantitative estimate of drug-likeness (QED) is 0.563. The fraction of sp³-hybridized carbons (Fsp3) is 0.667. The number of ketones is 1. The van der Waals surface area contributed by atoms with Crippen molar-refractivity contribution in [2.45, 2.75) is 30.5 Å². The summed E-state index contributed by atoms with van der Waals surface area (Å²) in [6.45, 7) is 0. The van der Waals surface area contributed by atoms with Gasteiger partial charge in [-0.1, -0.05) is 0 Å². The van der Waals surface area contributed by atoms with Crippen LogP contribution in [0.3, 0.4) is 0 Å². The minimum absolute atomic E-state index is 0.405. The van der Waals surface area contributed by atoms with Crippen molar-refractivity contribution in [1.82, 2.24) is 0 Å². The van der Waals surface area contributed by atoms with Crippen molar-refractivity contribution in [2.24, 2.45) is 5.92 Å². The van der Waals surface area contributed by atoms with Gasteiger partial charge in [0.15, 0.2) is 0 Å². The van der Waals surface area contributed by atoms with E-state index in [1.807, 2.05) is 6.08 Å². The average Bonchev–Trinajstić information content (AvgIpc) is 2.06. The number of carbonyl (C=O) groups excluding carboxylic acids is 1. The summed E-state index contributed by atoms with van der Waals surface area (Å²) in [6, 6.07) is 0. The topological polar surface area (TPSA) is 17.1 Å². The van der Waals surface area contributed by atoms with Crippen molar-refractivity contribution >= 4 is 20.7 Å². The predicted molar refractivity (Wildman–Crippen MR) is 45.6 cm³/mol. The molecule has 1 nitrogen and oxygen atoms in total. The number of allylic oxidation sites excluding steroid dienone is 1. The summed E-state index contributed by atoms with van der Waals surface area (Å²) in [7, 11) is 0. The van der Waals surface area contributed by atoms with Gasteiger partial charge in [-0.15, -0.1) is 0 Å². The zero-order valence-electron chi connectivity index (χ0n) is 6.45. The molecule has 0 bridgehead atoms. The number of carbonyl (C=O) groups is 1. The van der Waals surface area contributed by atoms with Crippen molar-refractivity contribution in [3.8, 4) is 0 Å². The summed E-state index contributed by atoms with van der Waals surface area (Å²) in [5, 5.41) is 0. The summed E-state index contributed by atoms with van der Waals surface area (Å²) in [5.41, 5.74) is 0. The van der Waals surface area contributed by atoms with E-state index >= 15 is 0 Å². The van der Waals surface area contributed by atoms with Gasteiger partial charge in [0.2, 0.25) is 0 Å². The minimum atomic E-state index is 0.405. The van der Waals surface area contributed by atoms with Crippen LogP contribution >= 0.6 is 0 Å². The maximum atomic E-state index is 11.4. The standard InChI is InChI=1S/C9H12OSe/c10-8-5-6-11-9-4-2-1-3-7(8)9/h5-7,9H,1-4H2. The summed E-state index contributed by atoms with van der Waals surface area (Å²) >= 11 is 0.624. The first-order valence-corrected chi connectivity index (χ1v) is 6.21. The van der Waals surface area contributed by atoms with E-state index < -0.39 is 0 Å². The van der Waals surface area contributed by atoms with Gasteiger partial charge in [-0.05, 0) is 0 Å². The molecule has 0 spiro atoms. The first-order valence-electron chi connectivity index (χ1n) is 4.24. The van der Waals surface area contributed by atoms with Crippen LogP contribution in [0, 0.1) is 5.92 Å². The molecule has 0 N–H and O–H groups in total. The fourth-order valence-corrected chi connectivity index (χ4v) is 4.39. The molecular weight excluding hydrogens is 203 g/mol. The number of hydrogen-bond donors (Lipinski definition) is 0. The van der Waals surface area contributed by atoms with E-state index in [0.29, 0.717) is 26.7 Å². The van der Waals surface area contributed by atoms with Crippen LogP contribution in [-0.2, 0) is 4.79 Å². The average molecular weight is 215 g/mol. The Bertz CT molecular complexity index is 198. The molecule has 1 aliphatic heterocycles. The second-order valence-electron chi connectivity index (χ2n) is 3.27. The summed E-state index contributed by atoms with van der Waals surface area (Å²) < 4.78 is 0. The van der Waals surface area contributed by atoms with Crippen molar-refractivity contribution in [2.75, 3.05) is 0 Å². The molecule has 1 saturated carbocycles. The SMILES string of the molecule is O=C1C=C[Se]C2CCCCC12. The molecule has 0 aromatic heterocycles. The molecule has 0 aromatic carbocycles. The van der Waals surface area contributed by atoms with Gasteiger partial charge in [-0.3, -0.25) is 0 Å². The summed E-state index contributed by atoms with van der Waals surface area (Å²) in [4.78, 5) is 14.2. The molecular formula is C9H12OSe. The molecule has 0 aromatic rings. The van der Waals surface area contributed by atoms with Crippen molar-refractivity contribution < 1.29 is 4.79 Å². The van der Waals surface area contributed by atoms with E-state index in [-0.39, 0.29) is 0 Å². The Kier molecular flexibility index (Phi) is 2.15. The molecule has 2 aliphatic rings. The van der Waals surface area contributed by atoms with Crippen LogP contribution in [0.4, 0.5) is 0 Å². The number of rotatable bonds is 0. The third kappa shape index (κ3) is 1.43. The monoisotopic (exact) mass is 216 g/mol. The fourth-order valence-electron chi connectivity index (χ4n) is 1.92. The molecule has 1 heterocycles. The Balaban J connectivity index is 2.14. The molecule has 0 radical (unpaired) electrons. The molecule has 1 fully saturated rings. The Morgan fingerprint density at radius 1 is 1.36 bits per heavy atom. The van der Waals surface area contributed by atoms with Crippen molar-refractivity contribution in [3.63, 3.8) is 0 Å². The second kappa shape index (κ2) is 3.12. The molecule has 2 unspecified atom stereocenters. The second-order valence-corrected chi connectivity index (χ2v) is 5.68. The van der Waals surface area contributed by atoms with E-state index in [9.17, 15) is 4.79 Å². The van der Waals surface area contributed by atoms with Gasteiger partial charge in [-0.25, -0.2) is 0 Å². The van der Waals surface area contributed by atoms with Gasteiger partial charge in [0.05, 0.1) is 0 Å². The van der Waals surface area contributed by atoms with Gasteiger partial charge < -0.3 is 0 Å². The Morgan fingerprint density at radius 2 is 2.18 bits per heavy atom. The van der Waals surface area contributed by atoms with Crippen LogP contribution in [0.2, 0.25) is 4.82 Å². The molecule has 60 valence electrons. The van der Waals surface area contributed by atoms with Crippen LogP contribution in [0.5, 0.6) is 0 Å². The van der Waals surface area contributed by atoms with E-state index in [1.165, 1.54) is 19.3 Å². The van der Waals surface area contributed by atoms with E-state index in [0.717, 1.165) is 11.2 Å². The molecule has 2 heteroatoms. The van der Waals surface area contributed by atoms with E-state index in [2.05, 4.69) is 4.97 Å². The molecule has 0 amide bonds. The third-order valence-electron chi connectivity index (χ3n) is 2.55. The predicted octanol–water partition coefficient (Wildman–Crippen LogP) is 1.77. The van der Waals surface area contributed by atoms with Crippen LogP contribution in [0.15, 0.2) is 11.1 Å². The Morgan fingerprint density at radius 3 is 3.00 bits per heavy atom. The maximum absolute atomic E-state index is 11.4. The zero-order valence-corrected chi connectivity index (χ0v) is 8.17.